The molecule has 1 heterocycles. The number of nitrogens with one attached hydrogen (secondary N) is 1. The molecule has 1 amide bonds. The minimum atomic E-state index is -3.87. The summed E-state index contributed by atoms with van der Waals surface area (Å²) >= 11 is 3.23. The van der Waals surface area contributed by atoms with Crippen LogP contribution in [-0.2, 0) is 13.8 Å². The molecule has 1 N–H and O–H groups in total. The Balaban J connectivity index is 2.30. The second-order valence-electron chi connectivity index (χ2n) is 4.90. The normalized spacial score (nSPS) is 22.8. The van der Waals surface area contributed by atoms with Crippen LogP contribution >= 0.6 is 26.6 Å². The molecule has 0 bridgehead atoms. The van der Waals surface area contributed by atoms with Crippen molar-refractivity contribution in [2.45, 2.75) is 23.8 Å². The third kappa shape index (κ3) is 3.52. The first kappa shape index (κ1) is 15.8. The van der Waals surface area contributed by atoms with Crippen molar-refractivity contribution in [3.63, 3.8) is 0 Å². The van der Waals surface area contributed by atoms with Gasteiger partial charge in [-0.2, -0.15) is 0 Å². The van der Waals surface area contributed by atoms with Gasteiger partial charge in [0.25, 0.3) is 15.0 Å². The molecule has 0 spiro atoms. The van der Waals surface area contributed by atoms with E-state index in [2.05, 4.69) is 21.2 Å². The smallest absolute Gasteiger partial charge is 0.261 e. The zero-order chi connectivity index (χ0) is 15.0. The first-order valence-corrected chi connectivity index (χ1v) is 8.96. The van der Waals surface area contributed by atoms with Gasteiger partial charge in [-0.05, 0) is 47.5 Å². The quantitative estimate of drug-likeness (QED) is 0.814. The first-order chi connectivity index (χ1) is 9.21. The van der Waals surface area contributed by atoms with Gasteiger partial charge in [-0.15, -0.1) is 0 Å². The molecule has 20 heavy (non-hydrogen) atoms. The highest BCUT2D eigenvalue weighted by Crippen LogP contribution is 2.25. The van der Waals surface area contributed by atoms with Crippen molar-refractivity contribution in [3.05, 3.63) is 28.2 Å². The maximum atomic E-state index is 12.3. The van der Waals surface area contributed by atoms with E-state index in [0.717, 1.165) is 0 Å². The molecule has 1 aliphatic rings. The lowest BCUT2D eigenvalue weighted by Crippen LogP contribution is -2.46. The zero-order valence-corrected chi connectivity index (χ0v) is 13.8. The van der Waals surface area contributed by atoms with Crippen molar-refractivity contribution < 1.29 is 17.9 Å². The molecule has 1 aliphatic heterocycles. The third-order valence-electron chi connectivity index (χ3n) is 3.10. The Labute approximate surface area is 130 Å². The van der Waals surface area contributed by atoms with Crippen LogP contribution in [0.4, 0.5) is 0 Å². The summed E-state index contributed by atoms with van der Waals surface area (Å²) < 4.78 is 28.4. The topological polar surface area (TPSA) is 72.5 Å². The molecule has 0 radical (unpaired) electrons. The molecule has 1 saturated heterocycles. The van der Waals surface area contributed by atoms with Crippen LogP contribution < -0.4 is 5.32 Å². The molecule has 0 aromatic heterocycles. The summed E-state index contributed by atoms with van der Waals surface area (Å²) in [5.74, 6) is -0.368. The molecule has 5 nitrogen and oxygen atoms in total. The summed E-state index contributed by atoms with van der Waals surface area (Å²) in [4.78, 5) is 12.2. The van der Waals surface area contributed by atoms with Gasteiger partial charge in [-0.25, -0.2) is 8.42 Å². The number of amides is 1. The maximum Gasteiger partial charge on any atom is 0.261 e. The average Bonchev–Trinajstić information content (AvgIpc) is 2.74. The Hall–Kier alpha value is -0.630. The molecule has 1 atom stereocenters. The van der Waals surface area contributed by atoms with Gasteiger partial charge in [0, 0.05) is 21.8 Å². The van der Waals surface area contributed by atoms with Gasteiger partial charge in [-0.1, -0.05) is 0 Å². The lowest BCUT2D eigenvalue weighted by Gasteiger charge is -2.23. The fourth-order valence-electron chi connectivity index (χ4n) is 1.94. The van der Waals surface area contributed by atoms with Crippen molar-refractivity contribution in [2.75, 3.05) is 13.2 Å². The van der Waals surface area contributed by atoms with Crippen LogP contribution in [0.25, 0.3) is 0 Å². The Morgan fingerprint density at radius 1 is 1.50 bits per heavy atom. The molecule has 1 fully saturated rings. The fraction of sp³-hybridized carbons (Fsp3) is 0.417. The zero-order valence-electron chi connectivity index (χ0n) is 10.7. The summed E-state index contributed by atoms with van der Waals surface area (Å²) in [5, 5.41) is 2.86. The number of benzene rings is 1. The fourth-order valence-corrected chi connectivity index (χ4v) is 3.14. The number of halogens is 2. The van der Waals surface area contributed by atoms with Gasteiger partial charge in [-0.3, -0.25) is 4.79 Å². The monoisotopic (exact) mass is 381 g/mol. The molecule has 2 rings (SSSR count). The maximum absolute atomic E-state index is 12.3. The van der Waals surface area contributed by atoms with Crippen LogP contribution in [0, 0.1) is 0 Å². The van der Waals surface area contributed by atoms with Crippen molar-refractivity contribution in [2.24, 2.45) is 0 Å². The number of hydrogen-bond acceptors (Lipinski definition) is 4. The number of carbonyl (C=O) groups is 1. The van der Waals surface area contributed by atoms with Gasteiger partial charge in [0.1, 0.15) is 0 Å². The first-order valence-electron chi connectivity index (χ1n) is 5.86. The average molecular weight is 383 g/mol. The van der Waals surface area contributed by atoms with E-state index < -0.39 is 14.6 Å². The lowest BCUT2D eigenvalue weighted by atomic mass is 10.0. The van der Waals surface area contributed by atoms with Crippen LogP contribution in [0.1, 0.15) is 23.7 Å². The van der Waals surface area contributed by atoms with Crippen molar-refractivity contribution in [1.82, 2.24) is 5.32 Å². The van der Waals surface area contributed by atoms with E-state index in [1.807, 2.05) is 6.92 Å². The molecule has 0 saturated carbocycles. The van der Waals surface area contributed by atoms with Crippen LogP contribution in [0.2, 0.25) is 0 Å². The SMILES string of the molecule is CC1(NC(=O)c2cc(S(=O)(=O)Cl)ccc2Br)CCOC1. The van der Waals surface area contributed by atoms with E-state index in [0.29, 0.717) is 24.1 Å². The van der Waals surface area contributed by atoms with Crippen LogP contribution in [0.3, 0.4) is 0 Å². The second-order valence-corrected chi connectivity index (χ2v) is 8.32. The Bertz CT molecular complexity index is 641. The number of carbonyl (C=O) groups excluding carboxylic acids is 1. The second kappa shape index (κ2) is 5.63. The summed E-state index contributed by atoms with van der Waals surface area (Å²) in [6.07, 6.45) is 0.712. The Kier molecular flexibility index (Phi) is 4.44. The van der Waals surface area contributed by atoms with Gasteiger partial charge < -0.3 is 10.1 Å². The van der Waals surface area contributed by atoms with Crippen molar-refractivity contribution in [3.8, 4) is 0 Å². The van der Waals surface area contributed by atoms with Crippen molar-refractivity contribution >= 4 is 41.6 Å². The molecular formula is C12H13BrClNO4S. The predicted octanol–water partition coefficient (Wildman–Crippen LogP) is 2.29. The van der Waals surface area contributed by atoms with Gasteiger partial charge in [0.05, 0.1) is 22.6 Å². The molecule has 1 aromatic carbocycles. The highest BCUT2D eigenvalue weighted by molar-refractivity contribution is 9.10. The molecule has 1 aromatic rings. The van der Waals surface area contributed by atoms with E-state index in [1.165, 1.54) is 18.2 Å². The highest BCUT2D eigenvalue weighted by Gasteiger charge is 2.32. The lowest BCUT2D eigenvalue weighted by molar-refractivity contribution is 0.0889. The molecule has 8 heteroatoms. The van der Waals surface area contributed by atoms with E-state index in [1.54, 1.807) is 0 Å². The van der Waals surface area contributed by atoms with Crippen LogP contribution in [0.15, 0.2) is 27.6 Å². The largest absolute Gasteiger partial charge is 0.379 e. The molecular weight excluding hydrogens is 370 g/mol. The summed E-state index contributed by atoms with van der Waals surface area (Å²) in [6, 6.07) is 4.07. The highest BCUT2D eigenvalue weighted by atomic mass is 79.9. The predicted molar refractivity (Wildman–Crippen MR) is 78.5 cm³/mol. The summed E-state index contributed by atoms with van der Waals surface area (Å²) in [5.41, 5.74) is -0.216. The van der Waals surface area contributed by atoms with E-state index in [9.17, 15) is 13.2 Å². The third-order valence-corrected chi connectivity index (χ3v) is 5.14. The summed E-state index contributed by atoms with van der Waals surface area (Å²) in [6.45, 7) is 2.91. The van der Waals surface area contributed by atoms with E-state index >= 15 is 0 Å². The molecule has 1 unspecified atom stereocenters. The van der Waals surface area contributed by atoms with E-state index in [4.69, 9.17) is 15.4 Å². The van der Waals surface area contributed by atoms with Gasteiger partial charge >= 0.3 is 0 Å². The Morgan fingerprint density at radius 2 is 2.20 bits per heavy atom. The summed E-state index contributed by atoms with van der Waals surface area (Å²) in [7, 11) is 1.42. The minimum Gasteiger partial charge on any atom is -0.379 e. The number of hydrogen-bond donors (Lipinski definition) is 1. The van der Waals surface area contributed by atoms with Crippen LogP contribution in [-0.4, -0.2) is 33.1 Å². The van der Waals surface area contributed by atoms with Gasteiger partial charge in [0.15, 0.2) is 0 Å². The van der Waals surface area contributed by atoms with Crippen LogP contribution in [0.5, 0.6) is 0 Å². The van der Waals surface area contributed by atoms with Gasteiger partial charge in [0.2, 0.25) is 0 Å². The van der Waals surface area contributed by atoms with Crippen molar-refractivity contribution in [1.29, 1.82) is 0 Å². The number of rotatable bonds is 3. The molecule has 110 valence electrons. The number of ether oxygens (including phenoxy) is 1. The Morgan fingerprint density at radius 3 is 2.75 bits per heavy atom. The standard InChI is InChI=1S/C12H13BrClNO4S/c1-12(4-5-19-7-12)15-11(16)9-6-8(20(14,17)18)2-3-10(9)13/h2-3,6H,4-5,7H2,1H3,(H,15,16). The molecule has 0 aliphatic carbocycles. The minimum absolute atomic E-state index is 0.111. The van der Waals surface area contributed by atoms with E-state index in [-0.39, 0.29) is 16.4 Å².